The Bertz CT molecular complexity index is 2230. The van der Waals surface area contributed by atoms with Crippen molar-refractivity contribution in [2.24, 2.45) is 52.2 Å². The Morgan fingerprint density at radius 3 is 0.675 bits per heavy atom. The molecule has 6 aromatic carbocycles. The van der Waals surface area contributed by atoms with Crippen molar-refractivity contribution in [1.82, 2.24) is 16.0 Å². The molecular formula is C68H97N9O3. The van der Waals surface area contributed by atoms with Gasteiger partial charge in [-0.1, -0.05) is 182 Å². The summed E-state index contributed by atoms with van der Waals surface area (Å²) >= 11 is 0. The summed E-state index contributed by atoms with van der Waals surface area (Å²) in [5, 5.41) is 9.14. The van der Waals surface area contributed by atoms with E-state index in [-0.39, 0.29) is 53.6 Å². The van der Waals surface area contributed by atoms with Gasteiger partial charge >= 0.3 is 0 Å². The molecule has 432 valence electrons. The molecular weight excluding hydrogens is 991 g/mol. The molecule has 0 spiro atoms. The number of benzene rings is 6. The summed E-state index contributed by atoms with van der Waals surface area (Å²) in [7, 11) is 0. The molecule has 0 unspecified atom stereocenters. The van der Waals surface area contributed by atoms with Crippen molar-refractivity contribution in [3.05, 3.63) is 215 Å². The Labute approximate surface area is 480 Å². The lowest BCUT2D eigenvalue weighted by Gasteiger charge is -2.19. The van der Waals surface area contributed by atoms with Crippen LogP contribution in [0.2, 0.25) is 0 Å². The molecule has 0 bridgehead atoms. The summed E-state index contributed by atoms with van der Waals surface area (Å²) in [6.07, 6.45) is 14.7. The van der Waals surface area contributed by atoms with Crippen molar-refractivity contribution in [3.63, 3.8) is 0 Å². The minimum atomic E-state index is -0.0761. The molecule has 0 aliphatic carbocycles. The van der Waals surface area contributed by atoms with E-state index in [0.29, 0.717) is 39.3 Å². The van der Waals surface area contributed by atoms with Crippen LogP contribution in [-0.2, 0) is 52.9 Å². The van der Waals surface area contributed by atoms with Gasteiger partial charge in [-0.15, -0.1) is 0 Å². The van der Waals surface area contributed by atoms with Crippen molar-refractivity contribution in [3.8, 4) is 0 Å². The highest BCUT2D eigenvalue weighted by atomic mass is 16.2. The maximum Gasteiger partial charge on any atom is 0.223 e. The SMILES string of the molecule is NCCC[C@@H](N)CNC(=O)C(CCc1ccccc1)CCc1ccccc1.NCCC[C@H](N)CNC(=O)C(CCc1ccccc1)CCc1ccccc1.NCC[C@H](N)CNC(=O)C(CCc1ccccc1)CCc1ccccc1. The molecule has 0 radical (unpaired) electrons. The van der Waals surface area contributed by atoms with Crippen LogP contribution in [0.25, 0.3) is 0 Å². The van der Waals surface area contributed by atoms with Gasteiger partial charge in [-0.25, -0.2) is 0 Å². The van der Waals surface area contributed by atoms with E-state index in [0.717, 1.165) is 109 Å². The average molecular weight is 1090 g/mol. The van der Waals surface area contributed by atoms with E-state index < -0.39 is 0 Å². The zero-order valence-corrected chi connectivity index (χ0v) is 47.7. The van der Waals surface area contributed by atoms with Crippen LogP contribution in [0.1, 0.15) is 104 Å². The minimum absolute atomic E-state index is 0.00730. The van der Waals surface area contributed by atoms with Crippen LogP contribution in [0, 0.1) is 17.8 Å². The lowest BCUT2D eigenvalue weighted by Crippen LogP contribution is -2.41. The van der Waals surface area contributed by atoms with Crippen LogP contribution < -0.4 is 50.4 Å². The van der Waals surface area contributed by atoms with Crippen LogP contribution in [0.5, 0.6) is 0 Å². The van der Waals surface area contributed by atoms with E-state index in [9.17, 15) is 14.4 Å². The van der Waals surface area contributed by atoms with Crippen LogP contribution in [0.4, 0.5) is 0 Å². The van der Waals surface area contributed by atoms with Crippen LogP contribution in [-0.4, -0.2) is 75.1 Å². The van der Waals surface area contributed by atoms with Gasteiger partial charge in [0.25, 0.3) is 0 Å². The fraction of sp³-hybridized carbons (Fsp3) is 0.426. The minimum Gasteiger partial charge on any atom is -0.354 e. The van der Waals surface area contributed by atoms with Gasteiger partial charge in [0.2, 0.25) is 17.7 Å². The van der Waals surface area contributed by atoms with Crippen LogP contribution in [0.3, 0.4) is 0 Å². The highest BCUT2D eigenvalue weighted by molar-refractivity contribution is 5.79. The number of carbonyl (C=O) groups is 3. The lowest BCUT2D eigenvalue weighted by atomic mass is 9.92. The van der Waals surface area contributed by atoms with Gasteiger partial charge in [-0.3, -0.25) is 14.4 Å². The van der Waals surface area contributed by atoms with Gasteiger partial charge in [0.15, 0.2) is 0 Å². The van der Waals surface area contributed by atoms with Crippen molar-refractivity contribution in [2.75, 3.05) is 39.3 Å². The summed E-state index contributed by atoms with van der Waals surface area (Å²) in [4.78, 5) is 38.2. The van der Waals surface area contributed by atoms with Crippen molar-refractivity contribution in [2.45, 2.75) is 127 Å². The first kappa shape index (κ1) is 66.0. The highest BCUT2D eigenvalue weighted by Crippen LogP contribution is 2.20. The number of aryl methyl sites for hydroxylation is 6. The van der Waals surface area contributed by atoms with Gasteiger partial charge in [-0.05, 0) is 162 Å². The molecule has 6 rings (SSSR count). The monoisotopic (exact) mass is 1090 g/mol. The molecule has 12 nitrogen and oxygen atoms in total. The second-order valence-corrected chi connectivity index (χ2v) is 21.2. The average Bonchev–Trinajstić information content (AvgIpc) is 3.50. The standard InChI is InChI=1S/2C23H33N3O.C22H31N3O/c2*24-17-7-12-22(25)18-26-23(27)21(15-13-19-8-3-1-4-9-19)16-14-20-10-5-2-6-11-20;23-16-15-21(24)17-25-22(26)20(13-11-18-7-3-1-4-8-18)14-12-19-9-5-2-6-10-19/h2*1-6,8-11,21-22H,7,12-18,24-25H2,(H,26,27);1-10,20-21H,11-17,23-24H2,(H,25,26)/t2*22-;21-/m100/s1. The molecule has 80 heavy (non-hydrogen) atoms. The zero-order chi connectivity index (χ0) is 57.3. The van der Waals surface area contributed by atoms with Gasteiger partial charge in [0.05, 0.1) is 0 Å². The van der Waals surface area contributed by atoms with Crippen LogP contribution >= 0.6 is 0 Å². The van der Waals surface area contributed by atoms with Gasteiger partial charge < -0.3 is 50.4 Å². The third kappa shape index (κ3) is 29.6. The summed E-state index contributed by atoms with van der Waals surface area (Å²) in [6, 6.07) is 61.9. The molecule has 12 heteroatoms. The van der Waals surface area contributed by atoms with E-state index in [1.165, 1.54) is 33.4 Å². The molecule has 0 fully saturated rings. The quantitative estimate of drug-likeness (QED) is 0.0184. The second kappa shape index (κ2) is 41.5. The lowest BCUT2D eigenvalue weighted by molar-refractivity contribution is -0.126. The number of nitrogens with one attached hydrogen (secondary N) is 3. The first-order valence-corrected chi connectivity index (χ1v) is 29.5. The number of hydrogen-bond donors (Lipinski definition) is 9. The molecule has 0 aromatic heterocycles. The van der Waals surface area contributed by atoms with Gasteiger partial charge in [-0.2, -0.15) is 0 Å². The number of hydrogen-bond acceptors (Lipinski definition) is 9. The smallest absolute Gasteiger partial charge is 0.223 e. The number of rotatable bonds is 35. The molecule has 3 amide bonds. The first-order valence-electron chi connectivity index (χ1n) is 29.5. The first-order chi connectivity index (χ1) is 39.1. The summed E-state index contributed by atoms with van der Waals surface area (Å²) in [5.74, 6) is 0.305. The maximum absolute atomic E-state index is 12.8. The Kier molecular flexibility index (Phi) is 34.2. The summed E-state index contributed by atoms with van der Waals surface area (Å²) in [6.45, 7) is 3.35. The maximum atomic E-state index is 12.8. The third-order valence-electron chi connectivity index (χ3n) is 14.6. The molecule has 0 saturated carbocycles. The zero-order valence-electron chi connectivity index (χ0n) is 47.7. The molecule has 0 aliphatic heterocycles. The molecule has 15 N–H and O–H groups in total. The second-order valence-electron chi connectivity index (χ2n) is 21.2. The Balaban J connectivity index is 0.000000258. The van der Waals surface area contributed by atoms with Gasteiger partial charge in [0, 0.05) is 55.5 Å². The highest BCUT2D eigenvalue weighted by Gasteiger charge is 2.22. The topological polar surface area (TPSA) is 243 Å². The van der Waals surface area contributed by atoms with Crippen molar-refractivity contribution in [1.29, 1.82) is 0 Å². The Hall–Kier alpha value is -6.51. The Morgan fingerprint density at radius 1 is 0.287 bits per heavy atom. The predicted octanol–water partition coefficient (Wildman–Crippen LogP) is 8.76. The van der Waals surface area contributed by atoms with E-state index in [2.05, 4.69) is 88.7 Å². The molecule has 3 atom stereocenters. The Morgan fingerprint density at radius 2 is 0.487 bits per heavy atom. The normalized spacial score (nSPS) is 12.1. The summed E-state index contributed by atoms with van der Waals surface area (Å²) < 4.78 is 0. The number of nitrogens with two attached hydrogens (primary N) is 6. The molecule has 0 aliphatic rings. The van der Waals surface area contributed by atoms with E-state index in [4.69, 9.17) is 34.4 Å². The van der Waals surface area contributed by atoms with E-state index in [1.807, 2.05) is 109 Å². The predicted molar refractivity (Wildman–Crippen MR) is 332 cm³/mol. The van der Waals surface area contributed by atoms with Crippen molar-refractivity contribution >= 4 is 17.7 Å². The number of amides is 3. The largest absolute Gasteiger partial charge is 0.354 e. The summed E-state index contributed by atoms with van der Waals surface area (Å²) in [5.41, 5.74) is 42.3. The van der Waals surface area contributed by atoms with E-state index >= 15 is 0 Å². The fourth-order valence-electron chi connectivity index (χ4n) is 9.54. The van der Waals surface area contributed by atoms with Crippen molar-refractivity contribution < 1.29 is 14.4 Å². The molecule has 0 heterocycles. The number of carbonyl (C=O) groups excluding carboxylic acids is 3. The molecule has 6 aromatic rings. The van der Waals surface area contributed by atoms with Crippen LogP contribution in [0.15, 0.2) is 182 Å². The van der Waals surface area contributed by atoms with E-state index in [1.54, 1.807) is 0 Å². The van der Waals surface area contributed by atoms with Gasteiger partial charge in [0.1, 0.15) is 0 Å². The third-order valence-corrected chi connectivity index (χ3v) is 14.6. The fourth-order valence-corrected chi connectivity index (χ4v) is 9.54. The molecule has 0 saturated heterocycles.